The fourth-order valence-electron chi connectivity index (χ4n) is 1.27. The summed E-state index contributed by atoms with van der Waals surface area (Å²) >= 11 is 0. The number of hydrogen-bond acceptors (Lipinski definition) is 5. The molecule has 19 heavy (non-hydrogen) atoms. The summed E-state index contributed by atoms with van der Waals surface area (Å²) in [6.45, 7) is 1.15. The van der Waals surface area contributed by atoms with Crippen LogP contribution in [-0.2, 0) is 11.0 Å². The lowest BCUT2D eigenvalue weighted by atomic mass is 10.1. The minimum absolute atomic E-state index is 0.324. The lowest BCUT2D eigenvalue weighted by Gasteiger charge is -2.16. The van der Waals surface area contributed by atoms with Crippen molar-refractivity contribution in [3.05, 3.63) is 33.9 Å². The molecule has 0 spiro atoms. The average molecular weight is 277 g/mol. The van der Waals surface area contributed by atoms with E-state index in [-0.39, 0.29) is 5.69 Å². The number of carbonyl (C=O) groups excluding carboxylic acids is 1. The van der Waals surface area contributed by atoms with Crippen molar-refractivity contribution in [2.75, 3.05) is 5.32 Å². The van der Waals surface area contributed by atoms with Gasteiger partial charge in [-0.1, -0.05) is 0 Å². The number of carbonyl (C=O) groups is 1. The Labute approximate surface area is 105 Å². The third-order valence-corrected chi connectivity index (χ3v) is 2.25. The third kappa shape index (κ3) is 3.57. The normalized spacial score (nSPS) is 12.8. The first-order chi connectivity index (χ1) is 8.62. The Bertz CT molecular complexity index is 516. The Kier molecular flexibility index (Phi) is 3.98. The van der Waals surface area contributed by atoms with Crippen molar-refractivity contribution in [1.29, 1.82) is 0 Å². The predicted octanol–water partition coefficient (Wildman–Crippen LogP) is 1.16. The van der Waals surface area contributed by atoms with Gasteiger partial charge in [-0.3, -0.25) is 10.1 Å². The quantitative estimate of drug-likeness (QED) is 0.658. The van der Waals surface area contributed by atoms with Gasteiger partial charge in [0, 0.05) is 6.07 Å². The molecule has 0 radical (unpaired) electrons. The van der Waals surface area contributed by atoms with Crippen LogP contribution in [0.5, 0.6) is 0 Å². The smallest absolute Gasteiger partial charge is 0.416 e. The van der Waals surface area contributed by atoms with Crippen LogP contribution in [0.25, 0.3) is 0 Å². The zero-order valence-corrected chi connectivity index (χ0v) is 9.52. The molecule has 1 aromatic rings. The molecule has 0 aliphatic rings. The molecule has 104 valence electrons. The predicted molar refractivity (Wildman–Crippen MR) is 56.2 cm³/mol. The van der Waals surface area contributed by atoms with E-state index >= 15 is 0 Å². The molecule has 1 N–H and O–H groups in total. The van der Waals surface area contributed by atoms with Crippen molar-refractivity contribution >= 4 is 17.3 Å². The van der Waals surface area contributed by atoms with E-state index in [9.17, 15) is 33.2 Å². The summed E-state index contributed by atoms with van der Waals surface area (Å²) < 4.78 is 37.2. The number of alkyl halides is 3. The second-order valence-electron chi connectivity index (χ2n) is 3.67. The van der Waals surface area contributed by atoms with Crippen LogP contribution in [0, 0.1) is 10.1 Å². The summed E-state index contributed by atoms with van der Waals surface area (Å²) in [6, 6.07) is 0.484. The van der Waals surface area contributed by atoms with Crippen LogP contribution in [0.1, 0.15) is 12.5 Å². The van der Waals surface area contributed by atoms with Gasteiger partial charge in [-0.05, 0) is 19.1 Å². The summed E-state index contributed by atoms with van der Waals surface area (Å²) in [7, 11) is 0. The van der Waals surface area contributed by atoms with Crippen LogP contribution in [0.15, 0.2) is 18.2 Å². The van der Waals surface area contributed by atoms with Crippen LogP contribution in [0.4, 0.5) is 24.5 Å². The summed E-state index contributed by atoms with van der Waals surface area (Å²) in [5, 5.41) is 23.4. The summed E-state index contributed by atoms with van der Waals surface area (Å²) in [6.07, 6.45) is -4.72. The molecule has 1 atom stereocenters. The van der Waals surface area contributed by atoms with Gasteiger partial charge in [0.05, 0.1) is 22.5 Å². The maximum atomic E-state index is 12.4. The molecule has 0 amide bonds. The molecule has 6 nitrogen and oxygen atoms in total. The van der Waals surface area contributed by atoms with Crippen molar-refractivity contribution in [1.82, 2.24) is 0 Å². The monoisotopic (exact) mass is 277 g/mol. The molecule has 0 aliphatic heterocycles. The maximum absolute atomic E-state index is 12.4. The number of hydrogen-bond donors (Lipinski definition) is 1. The van der Waals surface area contributed by atoms with Gasteiger partial charge in [0.25, 0.3) is 5.69 Å². The highest BCUT2D eigenvalue weighted by Gasteiger charge is 2.33. The van der Waals surface area contributed by atoms with Crippen LogP contribution < -0.4 is 10.4 Å². The Morgan fingerprint density at radius 3 is 2.42 bits per heavy atom. The zero-order chi connectivity index (χ0) is 14.8. The average Bonchev–Trinajstić information content (AvgIpc) is 2.27. The maximum Gasteiger partial charge on any atom is 0.416 e. The zero-order valence-electron chi connectivity index (χ0n) is 9.52. The van der Waals surface area contributed by atoms with Crippen LogP contribution >= 0.6 is 0 Å². The highest BCUT2D eigenvalue weighted by Crippen LogP contribution is 2.35. The molecule has 0 saturated carbocycles. The second kappa shape index (κ2) is 5.12. The molecular formula is C10H8F3N2O4-. The summed E-state index contributed by atoms with van der Waals surface area (Å²) in [4.78, 5) is 20.1. The number of halogens is 3. The van der Waals surface area contributed by atoms with Gasteiger partial charge in [0.2, 0.25) is 0 Å². The van der Waals surface area contributed by atoms with Crippen LogP contribution in [0.3, 0.4) is 0 Å². The topological polar surface area (TPSA) is 95.3 Å². The molecule has 0 heterocycles. The van der Waals surface area contributed by atoms with Crippen LogP contribution in [0.2, 0.25) is 0 Å². The van der Waals surface area contributed by atoms with Gasteiger partial charge in [-0.25, -0.2) is 0 Å². The molecule has 0 saturated heterocycles. The summed E-state index contributed by atoms with van der Waals surface area (Å²) in [5.74, 6) is -1.53. The van der Waals surface area contributed by atoms with E-state index in [1.807, 2.05) is 0 Å². The Hall–Kier alpha value is -2.32. The fraction of sp³-hybridized carbons (Fsp3) is 0.300. The van der Waals surface area contributed by atoms with E-state index in [1.54, 1.807) is 0 Å². The number of nitro benzene ring substituents is 1. The number of rotatable bonds is 4. The highest BCUT2D eigenvalue weighted by molar-refractivity contribution is 5.77. The third-order valence-electron chi connectivity index (χ3n) is 2.25. The van der Waals surface area contributed by atoms with Crippen molar-refractivity contribution < 1.29 is 28.0 Å². The Morgan fingerprint density at radius 1 is 1.42 bits per heavy atom. The van der Waals surface area contributed by atoms with Crippen molar-refractivity contribution in [2.24, 2.45) is 0 Å². The molecule has 1 aromatic carbocycles. The molecular weight excluding hydrogens is 269 g/mol. The van der Waals surface area contributed by atoms with E-state index in [0.29, 0.717) is 12.1 Å². The second-order valence-corrected chi connectivity index (χ2v) is 3.67. The molecule has 1 rings (SSSR count). The minimum Gasteiger partial charge on any atom is -0.548 e. The summed E-state index contributed by atoms with van der Waals surface area (Å²) in [5.41, 5.74) is -2.37. The van der Waals surface area contributed by atoms with E-state index in [2.05, 4.69) is 5.32 Å². The van der Waals surface area contributed by atoms with E-state index in [1.165, 1.54) is 0 Å². The first-order valence-corrected chi connectivity index (χ1v) is 4.96. The van der Waals surface area contributed by atoms with Crippen molar-refractivity contribution in [2.45, 2.75) is 19.1 Å². The molecule has 9 heteroatoms. The molecule has 0 fully saturated rings. The Balaban J connectivity index is 3.19. The van der Waals surface area contributed by atoms with E-state index in [4.69, 9.17) is 0 Å². The van der Waals surface area contributed by atoms with Crippen molar-refractivity contribution in [3.8, 4) is 0 Å². The minimum atomic E-state index is -4.72. The SMILES string of the molecule is C[C@@H](Nc1ccc(C(F)(F)F)cc1[N+](=O)[O-])C(=O)[O-]. The molecule has 0 bridgehead atoms. The number of anilines is 1. The number of nitrogens with one attached hydrogen (secondary N) is 1. The fourth-order valence-corrected chi connectivity index (χ4v) is 1.27. The lowest BCUT2D eigenvalue weighted by molar-refractivity contribution is -0.384. The first kappa shape index (κ1) is 14.7. The van der Waals surface area contributed by atoms with E-state index < -0.39 is 34.4 Å². The van der Waals surface area contributed by atoms with Gasteiger partial charge in [-0.2, -0.15) is 13.2 Å². The largest absolute Gasteiger partial charge is 0.548 e. The molecule has 0 aromatic heterocycles. The van der Waals surface area contributed by atoms with Crippen LogP contribution in [-0.4, -0.2) is 16.9 Å². The van der Waals surface area contributed by atoms with Gasteiger partial charge in [-0.15, -0.1) is 0 Å². The number of nitrogens with zero attached hydrogens (tertiary/aromatic N) is 1. The molecule has 0 unspecified atom stereocenters. The standard InChI is InChI=1S/C10H9F3N2O4/c1-5(9(16)17)14-7-3-2-6(10(11,12)13)4-8(7)15(18)19/h2-5,14H,1H3,(H,16,17)/p-1/t5-/m1/s1. The lowest BCUT2D eigenvalue weighted by Crippen LogP contribution is -2.38. The van der Waals surface area contributed by atoms with Gasteiger partial charge in [0.15, 0.2) is 0 Å². The van der Waals surface area contributed by atoms with Gasteiger partial charge in [0.1, 0.15) is 5.69 Å². The number of benzene rings is 1. The number of carboxylic acid groups (broad SMARTS) is 1. The number of aliphatic carboxylic acids is 1. The van der Waals surface area contributed by atoms with E-state index in [0.717, 1.165) is 13.0 Å². The Morgan fingerprint density at radius 2 is 2.00 bits per heavy atom. The highest BCUT2D eigenvalue weighted by atomic mass is 19.4. The number of nitro groups is 1. The molecule has 0 aliphatic carbocycles. The van der Waals surface area contributed by atoms with Gasteiger partial charge >= 0.3 is 6.18 Å². The van der Waals surface area contributed by atoms with Gasteiger partial charge < -0.3 is 15.2 Å². The first-order valence-electron chi connectivity index (χ1n) is 4.96. The van der Waals surface area contributed by atoms with Crippen molar-refractivity contribution in [3.63, 3.8) is 0 Å². The number of carboxylic acids is 1.